The smallest absolute Gasteiger partial charge is 0.305 e. The minimum absolute atomic E-state index is 0.0929. The van der Waals surface area contributed by atoms with Crippen LogP contribution in [0, 0.1) is 6.92 Å². The highest BCUT2D eigenvalue weighted by atomic mass is 16.4. The summed E-state index contributed by atoms with van der Waals surface area (Å²) < 4.78 is 1.75. The standard InChI is InChI=1S/C9H15N3O2/c1-6(4-9(13)14)10-8-5-7(2)12(3)11-8/h5-6H,4H2,1-3H3,(H,10,11)(H,13,14). The van der Waals surface area contributed by atoms with Gasteiger partial charge < -0.3 is 10.4 Å². The van der Waals surface area contributed by atoms with Gasteiger partial charge in [-0.2, -0.15) is 5.10 Å². The molecule has 0 aromatic carbocycles. The molecule has 0 aliphatic heterocycles. The molecule has 5 heteroatoms. The molecule has 1 unspecified atom stereocenters. The number of carboxylic acids is 1. The molecule has 1 aromatic rings. The molecular weight excluding hydrogens is 182 g/mol. The van der Waals surface area contributed by atoms with Crippen molar-refractivity contribution in [3.63, 3.8) is 0 Å². The molecule has 0 spiro atoms. The maximum atomic E-state index is 10.4. The zero-order chi connectivity index (χ0) is 10.7. The van der Waals surface area contributed by atoms with Crippen molar-refractivity contribution in [1.29, 1.82) is 0 Å². The summed E-state index contributed by atoms with van der Waals surface area (Å²) in [6, 6.07) is 1.78. The average molecular weight is 197 g/mol. The Hall–Kier alpha value is -1.52. The lowest BCUT2D eigenvalue weighted by atomic mass is 10.2. The summed E-state index contributed by atoms with van der Waals surface area (Å²) in [5, 5.41) is 15.7. The first kappa shape index (κ1) is 10.6. The molecule has 0 radical (unpaired) electrons. The van der Waals surface area contributed by atoms with Gasteiger partial charge in [0.25, 0.3) is 0 Å². The fourth-order valence-electron chi connectivity index (χ4n) is 1.20. The monoisotopic (exact) mass is 197 g/mol. The van der Waals surface area contributed by atoms with Gasteiger partial charge >= 0.3 is 5.97 Å². The Morgan fingerprint density at radius 2 is 2.43 bits per heavy atom. The first-order chi connectivity index (χ1) is 6.49. The van der Waals surface area contributed by atoms with Gasteiger partial charge in [-0.15, -0.1) is 0 Å². The van der Waals surface area contributed by atoms with Crippen molar-refractivity contribution in [2.24, 2.45) is 7.05 Å². The zero-order valence-corrected chi connectivity index (χ0v) is 8.61. The van der Waals surface area contributed by atoms with E-state index in [0.717, 1.165) is 11.5 Å². The maximum absolute atomic E-state index is 10.4. The fraction of sp³-hybridized carbons (Fsp3) is 0.556. The largest absolute Gasteiger partial charge is 0.481 e. The lowest BCUT2D eigenvalue weighted by molar-refractivity contribution is -0.137. The van der Waals surface area contributed by atoms with Crippen molar-refractivity contribution < 1.29 is 9.90 Å². The molecule has 2 N–H and O–H groups in total. The van der Waals surface area contributed by atoms with Gasteiger partial charge in [0.15, 0.2) is 0 Å². The van der Waals surface area contributed by atoms with E-state index in [-0.39, 0.29) is 12.5 Å². The number of aromatic nitrogens is 2. The number of nitrogens with zero attached hydrogens (tertiary/aromatic N) is 2. The van der Waals surface area contributed by atoms with Crippen LogP contribution in [0.5, 0.6) is 0 Å². The predicted molar refractivity (Wildman–Crippen MR) is 53.3 cm³/mol. The summed E-state index contributed by atoms with van der Waals surface area (Å²) >= 11 is 0. The molecule has 78 valence electrons. The number of carboxylic acid groups (broad SMARTS) is 1. The van der Waals surface area contributed by atoms with Gasteiger partial charge in [0.1, 0.15) is 5.82 Å². The molecule has 0 bridgehead atoms. The first-order valence-corrected chi connectivity index (χ1v) is 4.48. The third-order valence-corrected chi connectivity index (χ3v) is 1.99. The van der Waals surface area contributed by atoms with Gasteiger partial charge in [-0.25, -0.2) is 0 Å². The molecular formula is C9H15N3O2. The summed E-state index contributed by atoms with van der Waals surface area (Å²) in [5.41, 5.74) is 1.04. The molecule has 1 rings (SSSR count). The molecule has 0 amide bonds. The number of aliphatic carboxylic acids is 1. The molecule has 1 aromatic heterocycles. The van der Waals surface area contributed by atoms with E-state index in [1.54, 1.807) is 4.68 Å². The van der Waals surface area contributed by atoms with Crippen molar-refractivity contribution in [3.8, 4) is 0 Å². The number of nitrogens with one attached hydrogen (secondary N) is 1. The van der Waals surface area contributed by atoms with Gasteiger partial charge in [0.05, 0.1) is 6.42 Å². The Kier molecular flexibility index (Phi) is 3.11. The number of hydrogen-bond donors (Lipinski definition) is 2. The van der Waals surface area contributed by atoms with Crippen LogP contribution in [0.25, 0.3) is 0 Å². The topological polar surface area (TPSA) is 67.2 Å². The zero-order valence-electron chi connectivity index (χ0n) is 8.61. The van der Waals surface area contributed by atoms with Crippen molar-refractivity contribution in [2.75, 3.05) is 5.32 Å². The molecule has 5 nitrogen and oxygen atoms in total. The molecule has 1 atom stereocenters. The summed E-state index contributed by atoms with van der Waals surface area (Å²) in [6.45, 7) is 3.76. The van der Waals surface area contributed by atoms with E-state index in [2.05, 4.69) is 10.4 Å². The predicted octanol–water partition coefficient (Wildman–Crippen LogP) is 1.00. The van der Waals surface area contributed by atoms with Crippen LogP contribution in [0.1, 0.15) is 19.0 Å². The summed E-state index contributed by atoms with van der Waals surface area (Å²) in [5.74, 6) is -0.0867. The van der Waals surface area contributed by atoms with Crippen LogP contribution in [0.3, 0.4) is 0 Å². The van der Waals surface area contributed by atoms with E-state index in [0.29, 0.717) is 0 Å². The van der Waals surface area contributed by atoms with Crippen LogP contribution >= 0.6 is 0 Å². The van der Waals surface area contributed by atoms with Crippen molar-refractivity contribution in [1.82, 2.24) is 9.78 Å². The lowest BCUT2D eigenvalue weighted by Crippen LogP contribution is -2.19. The Bertz CT molecular complexity index is 313. The van der Waals surface area contributed by atoms with Crippen LogP contribution in [0.4, 0.5) is 5.82 Å². The molecule has 14 heavy (non-hydrogen) atoms. The Labute approximate surface area is 82.7 Å². The summed E-state index contributed by atoms with van der Waals surface area (Å²) in [7, 11) is 1.85. The van der Waals surface area contributed by atoms with Crippen molar-refractivity contribution in [3.05, 3.63) is 11.8 Å². The molecule has 0 saturated heterocycles. The average Bonchev–Trinajstić information content (AvgIpc) is 2.28. The van der Waals surface area contributed by atoms with Crippen LogP contribution in [0.2, 0.25) is 0 Å². The Morgan fingerprint density at radius 1 is 1.79 bits per heavy atom. The number of aryl methyl sites for hydroxylation is 2. The number of rotatable bonds is 4. The van der Waals surface area contributed by atoms with E-state index in [4.69, 9.17) is 5.11 Å². The molecule has 0 aliphatic rings. The fourth-order valence-corrected chi connectivity index (χ4v) is 1.20. The summed E-state index contributed by atoms with van der Waals surface area (Å²) in [4.78, 5) is 10.4. The van der Waals surface area contributed by atoms with Gasteiger partial charge in [-0.05, 0) is 13.8 Å². The van der Waals surface area contributed by atoms with Crippen LogP contribution in [-0.4, -0.2) is 26.9 Å². The van der Waals surface area contributed by atoms with E-state index in [9.17, 15) is 4.79 Å². The second-order valence-corrected chi connectivity index (χ2v) is 3.44. The normalized spacial score (nSPS) is 12.5. The van der Waals surface area contributed by atoms with Crippen LogP contribution in [0.15, 0.2) is 6.07 Å². The Morgan fingerprint density at radius 3 is 2.86 bits per heavy atom. The first-order valence-electron chi connectivity index (χ1n) is 4.48. The van der Waals surface area contributed by atoms with Gasteiger partial charge in [0.2, 0.25) is 0 Å². The van der Waals surface area contributed by atoms with E-state index < -0.39 is 5.97 Å². The number of hydrogen-bond acceptors (Lipinski definition) is 3. The summed E-state index contributed by atoms with van der Waals surface area (Å²) in [6.07, 6.45) is 0.0929. The van der Waals surface area contributed by atoms with Crippen LogP contribution < -0.4 is 5.32 Å². The SMILES string of the molecule is Cc1cc(NC(C)CC(=O)O)nn1C. The second-order valence-electron chi connectivity index (χ2n) is 3.44. The molecule has 0 saturated carbocycles. The van der Waals surface area contributed by atoms with E-state index in [1.165, 1.54) is 0 Å². The lowest BCUT2D eigenvalue weighted by Gasteiger charge is -2.09. The molecule has 0 fully saturated rings. The quantitative estimate of drug-likeness (QED) is 0.755. The maximum Gasteiger partial charge on any atom is 0.305 e. The van der Waals surface area contributed by atoms with Crippen molar-refractivity contribution in [2.45, 2.75) is 26.3 Å². The van der Waals surface area contributed by atoms with Gasteiger partial charge in [-0.3, -0.25) is 9.48 Å². The highest BCUT2D eigenvalue weighted by Gasteiger charge is 2.09. The third-order valence-electron chi connectivity index (χ3n) is 1.99. The van der Waals surface area contributed by atoms with Gasteiger partial charge in [0, 0.05) is 24.8 Å². The van der Waals surface area contributed by atoms with E-state index >= 15 is 0 Å². The highest BCUT2D eigenvalue weighted by molar-refractivity contribution is 5.68. The molecule has 1 heterocycles. The minimum atomic E-state index is -0.808. The minimum Gasteiger partial charge on any atom is -0.481 e. The van der Waals surface area contributed by atoms with Crippen LogP contribution in [-0.2, 0) is 11.8 Å². The second kappa shape index (κ2) is 4.13. The van der Waals surface area contributed by atoms with Gasteiger partial charge in [-0.1, -0.05) is 0 Å². The third kappa shape index (κ3) is 2.76. The highest BCUT2D eigenvalue weighted by Crippen LogP contribution is 2.09. The van der Waals surface area contributed by atoms with Crippen molar-refractivity contribution >= 4 is 11.8 Å². The molecule has 0 aliphatic carbocycles. The number of anilines is 1. The van der Waals surface area contributed by atoms with E-state index in [1.807, 2.05) is 27.0 Å². The number of carbonyl (C=O) groups is 1. The Balaban J connectivity index is 2.56.